The predicted molar refractivity (Wildman–Crippen MR) is 83.3 cm³/mol. The SMILES string of the molecule is CNC(=O)c1cccc(S[C@@H]2C[C@H]3CC[C@@H](C2)N3C)c1. The fourth-order valence-electron chi connectivity index (χ4n) is 3.51. The number of amides is 1. The van der Waals surface area contributed by atoms with Crippen LogP contribution in [-0.4, -0.2) is 42.2 Å². The summed E-state index contributed by atoms with van der Waals surface area (Å²) in [5.74, 6) is -0.00380. The first-order chi connectivity index (χ1) is 9.67. The van der Waals surface area contributed by atoms with Crippen LogP contribution in [0.1, 0.15) is 36.0 Å². The zero-order valence-electron chi connectivity index (χ0n) is 12.1. The Hall–Kier alpha value is -1.00. The molecule has 0 radical (unpaired) electrons. The molecule has 1 N–H and O–H groups in total. The topological polar surface area (TPSA) is 32.3 Å². The van der Waals surface area contributed by atoms with Crippen molar-refractivity contribution in [1.82, 2.24) is 10.2 Å². The van der Waals surface area contributed by atoms with Gasteiger partial charge in [-0.3, -0.25) is 4.79 Å². The van der Waals surface area contributed by atoms with Crippen LogP contribution < -0.4 is 5.32 Å². The standard InChI is InChI=1S/C16H22N2OS/c1-17-16(19)11-4-3-5-14(8-11)20-15-9-12-6-7-13(10-15)18(12)2/h3-5,8,12-13,15H,6-7,9-10H2,1-2H3,(H,17,19)/t12-,13+,15-. The first kappa shape index (κ1) is 14.0. The number of nitrogens with one attached hydrogen (secondary N) is 1. The summed E-state index contributed by atoms with van der Waals surface area (Å²) in [5, 5.41) is 3.38. The number of hydrogen-bond donors (Lipinski definition) is 1. The van der Waals surface area contributed by atoms with Gasteiger partial charge in [0.25, 0.3) is 5.91 Å². The molecular formula is C16H22N2OS. The minimum absolute atomic E-state index is 0.00380. The number of nitrogens with zero attached hydrogens (tertiary/aromatic N) is 1. The van der Waals surface area contributed by atoms with Crippen molar-refractivity contribution < 1.29 is 4.79 Å². The van der Waals surface area contributed by atoms with Crippen molar-refractivity contribution in [2.75, 3.05) is 14.1 Å². The average molecular weight is 290 g/mol. The lowest BCUT2D eigenvalue weighted by atomic mass is 10.0. The molecule has 20 heavy (non-hydrogen) atoms. The smallest absolute Gasteiger partial charge is 0.251 e. The Balaban J connectivity index is 1.68. The van der Waals surface area contributed by atoms with Gasteiger partial charge in [-0.25, -0.2) is 0 Å². The Morgan fingerprint density at radius 3 is 2.65 bits per heavy atom. The van der Waals surface area contributed by atoms with E-state index in [-0.39, 0.29) is 5.91 Å². The van der Waals surface area contributed by atoms with E-state index in [0.717, 1.165) is 17.6 Å². The lowest BCUT2D eigenvalue weighted by Crippen LogP contribution is -2.40. The summed E-state index contributed by atoms with van der Waals surface area (Å²) in [6.07, 6.45) is 5.27. The molecule has 2 bridgehead atoms. The molecule has 2 fully saturated rings. The molecule has 4 heteroatoms. The lowest BCUT2D eigenvalue weighted by Gasteiger charge is -2.36. The van der Waals surface area contributed by atoms with Crippen LogP contribution in [0.3, 0.4) is 0 Å². The number of carbonyl (C=O) groups excluding carboxylic acids is 1. The second-order valence-corrected chi connectivity index (χ2v) is 7.24. The second kappa shape index (κ2) is 5.78. The maximum absolute atomic E-state index is 11.7. The minimum Gasteiger partial charge on any atom is -0.355 e. The van der Waals surface area contributed by atoms with Crippen molar-refractivity contribution in [3.05, 3.63) is 29.8 Å². The molecule has 0 unspecified atom stereocenters. The monoisotopic (exact) mass is 290 g/mol. The van der Waals surface area contributed by atoms with Gasteiger partial charge in [0.15, 0.2) is 0 Å². The normalized spacial score (nSPS) is 29.4. The summed E-state index contributed by atoms with van der Waals surface area (Å²) >= 11 is 1.95. The van der Waals surface area contributed by atoms with Crippen LogP contribution in [0, 0.1) is 0 Å². The van der Waals surface area contributed by atoms with Gasteiger partial charge in [0.1, 0.15) is 0 Å². The highest BCUT2D eigenvalue weighted by molar-refractivity contribution is 8.00. The third-order valence-electron chi connectivity index (χ3n) is 4.68. The third-order valence-corrected chi connectivity index (χ3v) is 5.93. The van der Waals surface area contributed by atoms with Gasteiger partial charge < -0.3 is 10.2 Å². The van der Waals surface area contributed by atoms with Crippen molar-refractivity contribution in [3.8, 4) is 0 Å². The summed E-state index contributed by atoms with van der Waals surface area (Å²) in [5.41, 5.74) is 0.758. The Kier molecular flexibility index (Phi) is 4.03. The van der Waals surface area contributed by atoms with Crippen LogP contribution in [-0.2, 0) is 0 Å². The second-order valence-electron chi connectivity index (χ2n) is 5.87. The van der Waals surface area contributed by atoms with Gasteiger partial charge in [0.05, 0.1) is 0 Å². The molecule has 0 aliphatic carbocycles. The van der Waals surface area contributed by atoms with E-state index in [1.165, 1.54) is 30.6 Å². The van der Waals surface area contributed by atoms with E-state index >= 15 is 0 Å². The molecule has 0 spiro atoms. The van der Waals surface area contributed by atoms with Crippen molar-refractivity contribution >= 4 is 17.7 Å². The van der Waals surface area contributed by atoms with Gasteiger partial charge in [-0.05, 0) is 50.9 Å². The molecule has 3 rings (SSSR count). The van der Waals surface area contributed by atoms with E-state index in [2.05, 4.69) is 23.3 Å². The summed E-state index contributed by atoms with van der Waals surface area (Å²) in [6, 6.07) is 9.54. The third kappa shape index (κ3) is 2.72. The van der Waals surface area contributed by atoms with Gasteiger partial charge in [0, 0.05) is 34.8 Å². The number of hydrogen-bond acceptors (Lipinski definition) is 3. The van der Waals surface area contributed by atoms with Gasteiger partial charge in [-0.2, -0.15) is 0 Å². The Morgan fingerprint density at radius 2 is 2.00 bits per heavy atom. The number of piperidine rings is 1. The van der Waals surface area contributed by atoms with Crippen molar-refractivity contribution in [3.63, 3.8) is 0 Å². The highest BCUT2D eigenvalue weighted by Gasteiger charge is 2.38. The minimum atomic E-state index is -0.00380. The number of rotatable bonds is 3. The predicted octanol–water partition coefficient (Wildman–Crippen LogP) is 2.76. The number of fused-ring (bicyclic) bond motifs is 2. The van der Waals surface area contributed by atoms with Gasteiger partial charge >= 0.3 is 0 Å². The first-order valence-corrected chi connectivity index (χ1v) is 8.26. The molecule has 2 aliphatic rings. The highest BCUT2D eigenvalue weighted by Crippen LogP contribution is 2.41. The molecule has 3 nitrogen and oxygen atoms in total. The largest absolute Gasteiger partial charge is 0.355 e. The van der Waals surface area contributed by atoms with Crippen molar-refractivity contribution in [2.24, 2.45) is 0 Å². The fourth-order valence-corrected chi connectivity index (χ4v) is 4.88. The fraction of sp³-hybridized carbons (Fsp3) is 0.562. The highest BCUT2D eigenvalue weighted by atomic mass is 32.2. The van der Waals surface area contributed by atoms with Crippen LogP contribution in [0.2, 0.25) is 0 Å². The molecule has 2 heterocycles. The molecule has 3 atom stereocenters. The van der Waals surface area contributed by atoms with Gasteiger partial charge in [0.2, 0.25) is 0 Å². The maximum atomic E-state index is 11.7. The van der Waals surface area contributed by atoms with E-state index in [4.69, 9.17) is 0 Å². The number of benzene rings is 1. The van der Waals surface area contributed by atoms with Crippen LogP contribution in [0.4, 0.5) is 0 Å². The summed E-state index contributed by atoms with van der Waals surface area (Å²) in [4.78, 5) is 15.5. The van der Waals surface area contributed by atoms with Crippen LogP contribution >= 0.6 is 11.8 Å². The van der Waals surface area contributed by atoms with Crippen molar-refractivity contribution in [2.45, 2.75) is 47.9 Å². The maximum Gasteiger partial charge on any atom is 0.251 e. The molecular weight excluding hydrogens is 268 g/mol. The summed E-state index contributed by atoms with van der Waals surface area (Å²) in [7, 11) is 3.95. The Bertz CT molecular complexity index is 491. The first-order valence-electron chi connectivity index (χ1n) is 7.38. The van der Waals surface area contributed by atoms with Crippen LogP contribution in [0.5, 0.6) is 0 Å². The van der Waals surface area contributed by atoms with Gasteiger partial charge in [-0.15, -0.1) is 11.8 Å². The molecule has 2 aliphatic heterocycles. The molecule has 108 valence electrons. The molecule has 0 saturated carbocycles. The zero-order chi connectivity index (χ0) is 14.1. The lowest BCUT2D eigenvalue weighted by molar-refractivity contribution is 0.0963. The average Bonchev–Trinajstić information content (AvgIpc) is 2.68. The van der Waals surface area contributed by atoms with Gasteiger partial charge in [-0.1, -0.05) is 6.07 Å². The van der Waals surface area contributed by atoms with E-state index in [1.54, 1.807) is 7.05 Å². The molecule has 0 aromatic heterocycles. The van der Waals surface area contributed by atoms with E-state index in [0.29, 0.717) is 5.25 Å². The quantitative estimate of drug-likeness (QED) is 0.929. The number of thioether (sulfide) groups is 1. The molecule has 1 aromatic carbocycles. The molecule has 1 amide bonds. The summed E-state index contributed by atoms with van der Waals surface area (Å²) < 4.78 is 0. The Labute approximate surface area is 125 Å². The molecule has 2 saturated heterocycles. The van der Waals surface area contributed by atoms with Crippen molar-refractivity contribution in [1.29, 1.82) is 0 Å². The van der Waals surface area contributed by atoms with E-state index < -0.39 is 0 Å². The molecule has 1 aromatic rings. The number of carbonyl (C=O) groups is 1. The van der Waals surface area contributed by atoms with E-state index in [1.807, 2.05) is 30.0 Å². The Morgan fingerprint density at radius 1 is 1.30 bits per heavy atom. The van der Waals surface area contributed by atoms with E-state index in [9.17, 15) is 4.79 Å². The zero-order valence-corrected chi connectivity index (χ0v) is 13.0. The van der Waals surface area contributed by atoms with Crippen LogP contribution in [0.25, 0.3) is 0 Å². The van der Waals surface area contributed by atoms with Crippen LogP contribution in [0.15, 0.2) is 29.2 Å². The summed E-state index contributed by atoms with van der Waals surface area (Å²) in [6.45, 7) is 0.